The molecule has 12 heteroatoms. The van der Waals surface area contributed by atoms with Crippen LogP contribution in [0.25, 0.3) is 0 Å². The molecular formula is C29H48N8O4. The number of nitrogens with two attached hydrogens (primary N) is 1. The molecule has 12 nitrogen and oxygen atoms in total. The SMILES string of the molecule is CCCCCCCCCCc1nc(NCCOCCOCCN)nc(N2CCN(c3ccc([N+](=O)[O-])cc3)CC2)n1. The molecule has 1 aliphatic rings. The Morgan fingerprint density at radius 3 is 2.15 bits per heavy atom. The van der Waals surface area contributed by atoms with Crippen molar-refractivity contribution in [3.05, 3.63) is 40.2 Å². The summed E-state index contributed by atoms with van der Waals surface area (Å²) in [5.41, 5.74) is 6.51. The van der Waals surface area contributed by atoms with E-state index in [1.165, 1.54) is 44.9 Å². The standard InChI is InChI=1S/C29H48N8O4/c1-2-3-4-5-6-7-8-9-10-27-32-28(31-16-22-41-24-23-40-21-15-30)34-29(33-27)36-19-17-35(18-20-36)25-11-13-26(14-12-25)37(38)39/h11-14H,2-10,15-24,30H2,1H3,(H,31,32,33,34). The number of nitro groups is 1. The highest BCUT2D eigenvalue weighted by Gasteiger charge is 2.21. The molecule has 0 amide bonds. The molecular weight excluding hydrogens is 524 g/mol. The number of anilines is 3. The predicted octanol–water partition coefficient (Wildman–Crippen LogP) is 4.19. The van der Waals surface area contributed by atoms with E-state index in [4.69, 9.17) is 30.2 Å². The summed E-state index contributed by atoms with van der Waals surface area (Å²) in [5.74, 6) is 2.08. The van der Waals surface area contributed by atoms with Gasteiger partial charge in [0, 0.05) is 63.5 Å². The lowest BCUT2D eigenvalue weighted by Gasteiger charge is -2.36. The van der Waals surface area contributed by atoms with Gasteiger partial charge in [-0.1, -0.05) is 51.9 Å². The van der Waals surface area contributed by atoms with Gasteiger partial charge < -0.3 is 30.3 Å². The molecule has 0 bridgehead atoms. The molecule has 1 aliphatic heterocycles. The second-order valence-electron chi connectivity index (χ2n) is 10.3. The van der Waals surface area contributed by atoms with E-state index in [2.05, 4.69) is 22.0 Å². The van der Waals surface area contributed by atoms with Crippen molar-refractivity contribution in [2.24, 2.45) is 5.73 Å². The quantitative estimate of drug-likeness (QED) is 0.126. The lowest BCUT2D eigenvalue weighted by Crippen LogP contribution is -2.47. The van der Waals surface area contributed by atoms with Crippen molar-refractivity contribution in [3.63, 3.8) is 0 Å². The van der Waals surface area contributed by atoms with E-state index < -0.39 is 0 Å². The molecule has 1 saturated heterocycles. The number of hydrogen-bond donors (Lipinski definition) is 2. The molecule has 0 aliphatic carbocycles. The third-order valence-electron chi connectivity index (χ3n) is 7.08. The van der Waals surface area contributed by atoms with E-state index in [1.54, 1.807) is 12.1 Å². The number of ether oxygens (including phenoxy) is 2. The fraction of sp³-hybridized carbons (Fsp3) is 0.690. The molecule has 0 saturated carbocycles. The zero-order valence-corrected chi connectivity index (χ0v) is 24.6. The van der Waals surface area contributed by atoms with Crippen LogP contribution in [-0.4, -0.2) is 85.6 Å². The minimum atomic E-state index is -0.372. The van der Waals surface area contributed by atoms with E-state index in [0.29, 0.717) is 51.4 Å². The zero-order chi connectivity index (χ0) is 29.1. The molecule has 3 rings (SSSR count). The first-order valence-electron chi connectivity index (χ1n) is 15.2. The number of rotatable bonds is 21. The summed E-state index contributed by atoms with van der Waals surface area (Å²) in [6.45, 7) is 8.52. The molecule has 0 radical (unpaired) electrons. The number of aromatic nitrogens is 3. The van der Waals surface area contributed by atoms with E-state index in [-0.39, 0.29) is 10.6 Å². The highest BCUT2D eigenvalue weighted by Crippen LogP contribution is 2.22. The van der Waals surface area contributed by atoms with Crippen molar-refractivity contribution in [1.29, 1.82) is 0 Å². The third kappa shape index (κ3) is 12.1. The number of nitrogens with zero attached hydrogens (tertiary/aromatic N) is 6. The first kappa shape index (κ1) is 32.4. The number of nitro benzene ring substituents is 1. The summed E-state index contributed by atoms with van der Waals surface area (Å²) >= 11 is 0. The number of aryl methyl sites for hydroxylation is 1. The van der Waals surface area contributed by atoms with Crippen LogP contribution in [0.15, 0.2) is 24.3 Å². The minimum Gasteiger partial charge on any atom is -0.378 e. The lowest BCUT2D eigenvalue weighted by molar-refractivity contribution is -0.384. The van der Waals surface area contributed by atoms with Crippen molar-refractivity contribution in [1.82, 2.24) is 15.0 Å². The molecule has 0 unspecified atom stereocenters. The fourth-order valence-electron chi connectivity index (χ4n) is 4.75. The maximum absolute atomic E-state index is 11.0. The van der Waals surface area contributed by atoms with Crippen LogP contribution < -0.4 is 20.9 Å². The van der Waals surface area contributed by atoms with Crippen LogP contribution in [0.3, 0.4) is 0 Å². The van der Waals surface area contributed by atoms with Crippen LogP contribution in [0.4, 0.5) is 23.3 Å². The molecule has 41 heavy (non-hydrogen) atoms. The smallest absolute Gasteiger partial charge is 0.269 e. The van der Waals surface area contributed by atoms with Crippen LogP contribution in [0.1, 0.15) is 64.1 Å². The highest BCUT2D eigenvalue weighted by molar-refractivity contribution is 5.52. The first-order chi connectivity index (χ1) is 20.1. The van der Waals surface area contributed by atoms with Crippen molar-refractivity contribution in [3.8, 4) is 0 Å². The molecule has 1 aromatic carbocycles. The van der Waals surface area contributed by atoms with E-state index >= 15 is 0 Å². The van der Waals surface area contributed by atoms with Crippen LogP contribution >= 0.6 is 0 Å². The number of nitrogens with one attached hydrogen (secondary N) is 1. The fourth-order valence-corrected chi connectivity index (χ4v) is 4.75. The monoisotopic (exact) mass is 572 g/mol. The predicted molar refractivity (Wildman–Crippen MR) is 163 cm³/mol. The zero-order valence-electron chi connectivity index (χ0n) is 24.6. The second-order valence-corrected chi connectivity index (χ2v) is 10.3. The Hall–Kier alpha value is -3.09. The number of benzene rings is 1. The Bertz CT molecular complexity index is 965. The van der Waals surface area contributed by atoms with Gasteiger partial charge in [-0.2, -0.15) is 15.0 Å². The average Bonchev–Trinajstić information content (AvgIpc) is 3.00. The molecule has 2 aromatic rings. The summed E-state index contributed by atoms with van der Waals surface area (Å²) in [6, 6.07) is 6.74. The van der Waals surface area contributed by atoms with Gasteiger partial charge in [0.2, 0.25) is 11.9 Å². The Morgan fingerprint density at radius 1 is 0.854 bits per heavy atom. The first-order valence-corrected chi connectivity index (χ1v) is 15.2. The van der Waals surface area contributed by atoms with Gasteiger partial charge in [0.15, 0.2) is 0 Å². The Morgan fingerprint density at radius 2 is 1.49 bits per heavy atom. The van der Waals surface area contributed by atoms with Crippen LogP contribution in [0, 0.1) is 10.1 Å². The Kier molecular flexibility index (Phi) is 15.1. The molecule has 1 fully saturated rings. The van der Waals surface area contributed by atoms with E-state index in [1.807, 2.05) is 12.1 Å². The normalized spacial score (nSPS) is 13.5. The van der Waals surface area contributed by atoms with Crippen LogP contribution in [0.5, 0.6) is 0 Å². The average molecular weight is 573 g/mol. The molecule has 0 atom stereocenters. The largest absolute Gasteiger partial charge is 0.378 e. The van der Waals surface area contributed by atoms with Gasteiger partial charge in [0.1, 0.15) is 5.82 Å². The Balaban J connectivity index is 1.53. The summed E-state index contributed by atoms with van der Waals surface area (Å²) < 4.78 is 11.0. The van der Waals surface area contributed by atoms with E-state index in [9.17, 15) is 10.1 Å². The third-order valence-corrected chi connectivity index (χ3v) is 7.08. The number of unbranched alkanes of at least 4 members (excludes halogenated alkanes) is 7. The molecule has 0 spiro atoms. The van der Waals surface area contributed by atoms with Gasteiger partial charge in [-0.15, -0.1) is 0 Å². The Labute approximate surface area is 244 Å². The van der Waals surface area contributed by atoms with Crippen molar-refractivity contribution in [2.75, 3.05) is 80.8 Å². The summed E-state index contributed by atoms with van der Waals surface area (Å²) in [7, 11) is 0. The van der Waals surface area contributed by atoms with E-state index in [0.717, 1.165) is 50.5 Å². The highest BCUT2D eigenvalue weighted by atomic mass is 16.6. The van der Waals surface area contributed by atoms with Crippen LogP contribution in [-0.2, 0) is 15.9 Å². The summed E-state index contributed by atoms with van der Waals surface area (Å²) in [6.07, 6.45) is 10.9. The molecule has 3 N–H and O–H groups in total. The van der Waals surface area contributed by atoms with Gasteiger partial charge in [-0.3, -0.25) is 10.1 Å². The lowest BCUT2D eigenvalue weighted by atomic mass is 10.1. The topological polar surface area (TPSA) is 145 Å². The number of hydrogen-bond acceptors (Lipinski definition) is 11. The van der Waals surface area contributed by atoms with Crippen molar-refractivity contribution < 1.29 is 14.4 Å². The van der Waals surface area contributed by atoms with Crippen LogP contribution in [0.2, 0.25) is 0 Å². The van der Waals surface area contributed by atoms with Gasteiger partial charge in [0.05, 0.1) is 31.4 Å². The molecule has 228 valence electrons. The maximum atomic E-state index is 11.0. The summed E-state index contributed by atoms with van der Waals surface area (Å²) in [5, 5.41) is 14.3. The molecule has 2 heterocycles. The van der Waals surface area contributed by atoms with Gasteiger partial charge in [-0.05, 0) is 18.6 Å². The minimum absolute atomic E-state index is 0.104. The van der Waals surface area contributed by atoms with Gasteiger partial charge >= 0.3 is 0 Å². The maximum Gasteiger partial charge on any atom is 0.269 e. The molecule has 1 aromatic heterocycles. The van der Waals surface area contributed by atoms with Crippen molar-refractivity contribution >= 4 is 23.3 Å². The number of piperazine rings is 1. The summed E-state index contributed by atoms with van der Waals surface area (Å²) in [4.78, 5) is 29.3. The second kappa shape index (κ2) is 19.1. The number of non-ortho nitro benzene ring substituents is 1. The van der Waals surface area contributed by atoms with Crippen molar-refractivity contribution in [2.45, 2.75) is 64.7 Å². The van der Waals surface area contributed by atoms with Gasteiger partial charge in [-0.25, -0.2) is 0 Å². The van der Waals surface area contributed by atoms with Gasteiger partial charge in [0.25, 0.3) is 5.69 Å².